The van der Waals surface area contributed by atoms with E-state index in [1.807, 2.05) is 0 Å². The van der Waals surface area contributed by atoms with Crippen molar-refractivity contribution in [2.45, 2.75) is 25.3 Å². The van der Waals surface area contributed by atoms with E-state index in [9.17, 15) is 0 Å². The van der Waals surface area contributed by atoms with Gasteiger partial charge in [0.1, 0.15) is 0 Å². The van der Waals surface area contributed by atoms with Gasteiger partial charge in [0.15, 0.2) is 0 Å². The van der Waals surface area contributed by atoms with Gasteiger partial charge in [0.2, 0.25) is 0 Å². The van der Waals surface area contributed by atoms with Crippen molar-refractivity contribution in [1.29, 1.82) is 0 Å². The zero-order chi connectivity index (χ0) is 8.39. The lowest BCUT2D eigenvalue weighted by Gasteiger charge is -2.14. The summed E-state index contributed by atoms with van der Waals surface area (Å²) in [5.74, 6) is 0.728. The first-order valence-corrected chi connectivity index (χ1v) is 4.66. The Morgan fingerprint density at radius 1 is 1.25 bits per heavy atom. The topological polar surface area (TPSA) is 12.0 Å². The summed E-state index contributed by atoms with van der Waals surface area (Å²) >= 11 is 0. The number of rotatable bonds is 1. The van der Waals surface area contributed by atoms with E-state index < -0.39 is 0 Å². The molecular weight excluding hydrogens is 146 g/mol. The molecule has 1 saturated heterocycles. The minimum absolute atomic E-state index is 0.646. The highest BCUT2D eigenvalue weighted by molar-refractivity contribution is 5.22. The fraction of sp³-hybridized carbons (Fsp3) is 0.455. The zero-order valence-corrected chi connectivity index (χ0v) is 7.46. The Hall–Kier alpha value is -0.820. The summed E-state index contributed by atoms with van der Waals surface area (Å²) in [5, 5.41) is 3.47. The van der Waals surface area contributed by atoms with Gasteiger partial charge in [-0.05, 0) is 25.5 Å². The second kappa shape index (κ2) is 3.28. The van der Waals surface area contributed by atoms with Crippen molar-refractivity contribution in [2.24, 2.45) is 0 Å². The largest absolute Gasteiger partial charge is 0.314 e. The Labute approximate surface area is 73.8 Å². The Morgan fingerprint density at radius 2 is 2.00 bits per heavy atom. The molecule has 12 heavy (non-hydrogen) atoms. The van der Waals surface area contributed by atoms with Gasteiger partial charge in [-0.1, -0.05) is 30.3 Å². The van der Waals surface area contributed by atoms with Gasteiger partial charge >= 0.3 is 0 Å². The van der Waals surface area contributed by atoms with E-state index in [0.717, 1.165) is 5.92 Å². The monoisotopic (exact) mass is 161 g/mol. The molecule has 1 heterocycles. The van der Waals surface area contributed by atoms with E-state index in [1.54, 1.807) is 0 Å². The van der Waals surface area contributed by atoms with E-state index in [1.165, 1.54) is 18.5 Å². The second-order valence-corrected chi connectivity index (χ2v) is 3.55. The van der Waals surface area contributed by atoms with Crippen molar-refractivity contribution in [1.82, 2.24) is 5.32 Å². The lowest BCUT2D eigenvalue weighted by atomic mass is 9.93. The molecule has 0 bridgehead atoms. The van der Waals surface area contributed by atoms with Crippen molar-refractivity contribution < 1.29 is 0 Å². The minimum Gasteiger partial charge on any atom is -0.314 e. The number of hydrogen-bond acceptors (Lipinski definition) is 1. The Bertz CT molecular complexity index is 242. The summed E-state index contributed by atoms with van der Waals surface area (Å²) in [6.07, 6.45) is 1.28. The molecule has 1 N–H and O–H groups in total. The van der Waals surface area contributed by atoms with Gasteiger partial charge in [-0.15, -0.1) is 0 Å². The van der Waals surface area contributed by atoms with Crippen LogP contribution in [0.1, 0.15) is 24.8 Å². The molecule has 0 amide bonds. The van der Waals surface area contributed by atoms with E-state index in [-0.39, 0.29) is 0 Å². The van der Waals surface area contributed by atoms with Crippen LogP contribution in [0.3, 0.4) is 0 Å². The lowest BCUT2D eigenvalue weighted by Crippen LogP contribution is -2.21. The lowest BCUT2D eigenvalue weighted by molar-refractivity contribution is 0.594. The smallest absolute Gasteiger partial charge is 0.0108 e. The molecule has 0 aliphatic carbocycles. The molecule has 1 aromatic rings. The molecule has 0 aromatic heterocycles. The molecule has 1 aromatic carbocycles. The number of nitrogens with one attached hydrogen (secondary N) is 1. The third kappa shape index (κ3) is 1.37. The molecule has 2 rings (SSSR count). The first-order valence-electron chi connectivity index (χ1n) is 4.66. The van der Waals surface area contributed by atoms with Gasteiger partial charge < -0.3 is 5.32 Å². The molecule has 1 aliphatic rings. The summed E-state index contributed by atoms with van der Waals surface area (Å²) in [6, 6.07) is 11.4. The van der Waals surface area contributed by atoms with Crippen LogP contribution in [0.2, 0.25) is 0 Å². The summed E-state index contributed by atoms with van der Waals surface area (Å²) in [7, 11) is 0. The van der Waals surface area contributed by atoms with Crippen molar-refractivity contribution >= 4 is 0 Å². The highest BCUT2D eigenvalue weighted by Gasteiger charge is 2.23. The van der Waals surface area contributed by atoms with Gasteiger partial charge in [0, 0.05) is 12.0 Å². The van der Waals surface area contributed by atoms with Crippen molar-refractivity contribution in [3.8, 4) is 0 Å². The molecule has 0 radical (unpaired) electrons. The Morgan fingerprint density at radius 3 is 2.58 bits per heavy atom. The highest BCUT2D eigenvalue weighted by atomic mass is 14.9. The van der Waals surface area contributed by atoms with Crippen LogP contribution in [0.5, 0.6) is 0 Å². The van der Waals surface area contributed by atoms with E-state index in [2.05, 4.69) is 42.6 Å². The van der Waals surface area contributed by atoms with Gasteiger partial charge in [-0.25, -0.2) is 0 Å². The molecule has 2 atom stereocenters. The van der Waals surface area contributed by atoms with E-state index in [4.69, 9.17) is 0 Å². The van der Waals surface area contributed by atoms with Crippen molar-refractivity contribution in [3.05, 3.63) is 35.9 Å². The Kier molecular flexibility index (Phi) is 2.13. The zero-order valence-electron chi connectivity index (χ0n) is 7.46. The quantitative estimate of drug-likeness (QED) is 0.665. The second-order valence-electron chi connectivity index (χ2n) is 3.55. The number of benzene rings is 1. The van der Waals surface area contributed by atoms with Crippen molar-refractivity contribution in [3.63, 3.8) is 0 Å². The van der Waals surface area contributed by atoms with Crippen LogP contribution < -0.4 is 5.32 Å². The van der Waals surface area contributed by atoms with Crippen molar-refractivity contribution in [2.75, 3.05) is 6.54 Å². The maximum atomic E-state index is 3.47. The van der Waals surface area contributed by atoms with Crippen LogP contribution in [0.15, 0.2) is 30.3 Å². The summed E-state index contributed by atoms with van der Waals surface area (Å²) in [4.78, 5) is 0. The minimum atomic E-state index is 0.646. The molecule has 0 spiro atoms. The summed E-state index contributed by atoms with van der Waals surface area (Å²) in [5.41, 5.74) is 1.48. The molecule has 1 aliphatic heterocycles. The predicted molar refractivity (Wildman–Crippen MR) is 51.3 cm³/mol. The van der Waals surface area contributed by atoms with Crippen LogP contribution in [0.4, 0.5) is 0 Å². The maximum absolute atomic E-state index is 3.47. The third-order valence-electron chi connectivity index (χ3n) is 2.75. The van der Waals surface area contributed by atoms with Crippen LogP contribution in [0, 0.1) is 0 Å². The fourth-order valence-corrected chi connectivity index (χ4v) is 2.01. The van der Waals surface area contributed by atoms with E-state index >= 15 is 0 Å². The average Bonchev–Trinajstić information content (AvgIpc) is 2.53. The molecular formula is C11H15N. The first-order chi connectivity index (χ1) is 5.88. The van der Waals surface area contributed by atoms with Gasteiger partial charge in [0.25, 0.3) is 0 Å². The van der Waals surface area contributed by atoms with Gasteiger partial charge in [0.05, 0.1) is 0 Å². The molecule has 0 saturated carbocycles. The fourth-order valence-electron chi connectivity index (χ4n) is 2.01. The number of hydrogen-bond donors (Lipinski definition) is 1. The normalized spacial score (nSPS) is 29.1. The molecule has 1 fully saturated rings. The molecule has 1 unspecified atom stereocenters. The Balaban J connectivity index is 2.19. The highest BCUT2D eigenvalue weighted by Crippen LogP contribution is 2.26. The van der Waals surface area contributed by atoms with Crippen LogP contribution in [0.25, 0.3) is 0 Å². The van der Waals surface area contributed by atoms with Crippen LogP contribution >= 0.6 is 0 Å². The molecule has 1 nitrogen and oxygen atoms in total. The molecule has 64 valence electrons. The summed E-state index contributed by atoms with van der Waals surface area (Å²) < 4.78 is 0. The van der Waals surface area contributed by atoms with Crippen LogP contribution in [-0.4, -0.2) is 12.6 Å². The van der Waals surface area contributed by atoms with E-state index in [0.29, 0.717) is 6.04 Å². The SMILES string of the molecule is CC1NCC[C@H]1c1ccccc1. The predicted octanol–water partition coefficient (Wildman–Crippen LogP) is 2.15. The summed E-state index contributed by atoms with van der Waals surface area (Å²) in [6.45, 7) is 3.44. The standard InChI is InChI=1S/C11H15N/c1-9-11(7-8-12-9)10-5-3-2-4-6-10/h2-6,9,11-12H,7-8H2,1H3/t9?,11-/m1/s1. The van der Waals surface area contributed by atoms with Gasteiger partial charge in [-0.3, -0.25) is 0 Å². The molecule has 1 heteroatoms. The third-order valence-corrected chi connectivity index (χ3v) is 2.75. The first kappa shape index (κ1) is 7.81. The van der Waals surface area contributed by atoms with Crippen LogP contribution in [-0.2, 0) is 0 Å². The maximum Gasteiger partial charge on any atom is 0.0108 e. The average molecular weight is 161 g/mol. The van der Waals surface area contributed by atoms with Gasteiger partial charge in [-0.2, -0.15) is 0 Å².